The zero-order valence-corrected chi connectivity index (χ0v) is 20.5. The Hall–Kier alpha value is -2.54. The summed E-state index contributed by atoms with van der Waals surface area (Å²) < 4.78 is 164. The lowest BCUT2D eigenvalue weighted by molar-refractivity contribution is -0.185. The Bertz CT molecular complexity index is 1210. The number of hydroxylamine groups is 4. The Labute approximate surface area is 216 Å². The van der Waals surface area contributed by atoms with Crippen LogP contribution in [-0.2, 0) is 48.0 Å². The van der Waals surface area contributed by atoms with E-state index in [2.05, 4.69) is 8.57 Å². The molecule has 2 aliphatic heterocycles. The van der Waals surface area contributed by atoms with E-state index in [0.717, 1.165) is 0 Å². The van der Waals surface area contributed by atoms with Gasteiger partial charge in [0, 0.05) is 26.1 Å². The van der Waals surface area contributed by atoms with Crippen molar-refractivity contribution in [1.82, 2.24) is 10.1 Å². The van der Waals surface area contributed by atoms with Crippen LogP contribution in [0.3, 0.4) is 0 Å². The number of aliphatic hydroxyl groups is 2. The SMILES string of the molecule is O=C1C2C(C(=O)N1OS(=O)(=O)C(F)(F)C(F)(F)CCO)C1C(=O)N(OS(=O)(=O)C(F)(F)C(F)(F)CCO)C(=O)C21. The number of alkyl halides is 8. The van der Waals surface area contributed by atoms with Gasteiger partial charge in [-0.05, 0) is 0 Å². The number of nitrogens with zero attached hydrogens (tertiary/aromatic N) is 2. The van der Waals surface area contributed by atoms with Crippen molar-refractivity contribution in [2.24, 2.45) is 23.7 Å². The maximum absolute atomic E-state index is 13.9. The molecule has 1 saturated carbocycles. The number of aliphatic hydroxyl groups excluding tert-OH is 2. The summed E-state index contributed by atoms with van der Waals surface area (Å²) in [5.41, 5.74) is 0. The highest BCUT2D eigenvalue weighted by atomic mass is 32.2. The van der Waals surface area contributed by atoms with Crippen LogP contribution in [0.4, 0.5) is 35.1 Å². The molecule has 0 radical (unpaired) electrons. The van der Waals surface area contributed by atoms with Crippen molar-refractivity contribution < 1.29 is 89.9 Å². The van der Waals surface area contributed by atoms with Gasteiger partial charge in [-0.15, -0.1) is 18.7 Å². The molecule has 3 aliphatic rings. The quantitative estimate of drug-likeness (QED) is 0.194. The molecule has 0 aromatic carbocycles. The summed E-state index contributed by atoms with van der Waals surface area (Å²) in [5, 5.41) is 2.66. The van der Waals surface area contributed by atoms with Crippen molar-refractivity contribution >= 4 is 43.9 Å². The molecular weight excluding hydrogens is 628 g/mol. The van der Waals surface area contributed by atoms with Crippen LogP contribution in [0.25, 0.3) is 0 Å². The first kappa shape index (κ1) is 32.0. The van der Waals surface area contributed by atoms with Crippen molar-refractivity contribution in [2.75, 3.05) is 13.2 Å². The molecule has 0 bridgehead atoms. The first-order valence-electron chi connectivity index (χ1n) is 10.3. The molecular formula is C16H14F8N2O12S2. The minimum absolute atomic E-state index is 0.974. The molecule has 24 heteroatoms. The summed E-state index contributed by atoms with van der Waals surface area (Å²) in [7, 11) is -13.8. The van der Waals surface area contributed by atoms with Crippen molar-refractivity contribution in [3.8, 4) is 0 Å². The number of amides is 4. The molecule has 2 heterocycles. The minimum Gasteiger partial charge on any atom is -0.396 e. The van der Waals surface area contributed by atoms with Crippen LogP contribution in [0.2, 0.25) is 0 Å². The molecule has 1 aliphatic carbocycles. The van der Waals surface area contributed by atoms with Gasteiger partial charge >= 0.3 is 42.6 Å². The standard InChI is InChI=1S/C16H14F8N2O12S2/c17-13(18,1-3-27)15(21,22)39(33,34)37-25-9(29)5-6(10(25)30)8-7(5)11(31)26(12(8)32)38-40(35,36)16(23,24)14(19,20)2-4-28/h5-8,27-28H,1-4H2. The van der Waals surface area contributed by atoms with Crippen LogP contribution < -0.4 is 0 Å². The maximum atomic E-state index is 13.9. The number of carbonyl (C=O) groups excluding carboxylic acids is 4. The van der Waals surface area contributed by atoms with Crippen molar-refractivity contribution in [3.63, 3.8) is 0 Å². The van der Waals surface area contributed by atoms with Crippen molar-refractivity contribution in [1.29, 1.82) is 0 Å². The average molecular weight is 642 g/mol. The third-order valence-corrected chi connectivity index (χ3v) is 8.71. The molecule has 0 aromatic rings. The van der Waals surface area contributed by atoms with Crippen molar-refractivity contribution in [3.05, 3.63) is 0 Å². The molecule has 40 heavy (non-hydrogen) atoms. The Kier molecular flexibility index (Phi) is 7.60. The maximum Gasteiger partial charge on any atom is 0.433 e. The predicted octanol–water partition coefficient (Wildman–Crippen LogP) is -1.05. The lowest BCUT2D eigenvalue weighted by atomic mass is 9.59. The molecule has 0 aromatic heterocycles. The van der Waals surface area contributed by atoms with Crippen molar-refractivity contribution in [2.45, 2.75) is 35.2 Å². The summed E-state index contributed by atoms with van der Waals surface area (Å²) in [6.07, 6.45) is -4.24. The minimum atomic E-state index is -6.90. The summed E-state index contributed by atoms with van der Waals surface area (Å²) in [4.78, 5) is 49.9. The molecule has 3 fully saturated rings. The molecule has 14 nitrogen and oxygen atoms in total. The number of carbonyl (C=O) groups is 4. The topological polar surface area (TPSA) is 202 Å². The van der Waals surface area contributed by atoms with E-state index in [-0.39, 0.29) is 0 Å². The molecule has 0 unspecified atom stereocenters. The first-order chi connectivity index (χ1) is 18.0. The smallest absolute Gasteiger partial charge is 0.396 e. The molecule has 228 valence electrons. The Morgan fingerprint density at radius 3 is 1.00 bits per heavy atom. The molecule has 2 saturated heterocycles. The average Bonchev–Trinajstić information content (AvgIpc) is 3.08. The Balaban J connectivity index is 1.85. The van der Waals surface area contributed by atoms with Gasteiger partial charge in [-0.25, -0.2) is 0 Å². The van der Waals surface area contributed by atoms with E-state index in [4.69, 9.17) is 10.2 Å². The fourth-order valence-corrected chi connectivity index (χ4v) is 5.92. The van der Waals surface area contributed by atoms with E-state index in [1.807, 2.05) is 0 Å². The molecule has 2 N–H and O–H groups in total. The van der Waals surface area contributed by atoms with Crippen LogP contribution in [0, 0.1) is 23.7 Å². The molecule has 3 rings (SSSR count). The van der Waals surface area contributed by atoms with Gasteiger partial charge in [-0.1, -0.05) is 0 Å². The predicted molar refractivity (Wildman–Crippen MR) is 101 cm³/mol. The van der Waals surface area contributed by atoms with Gasteiger partial charge in [-0.3, -0.25) is 19.2 Å². The highest BCUT2D eigenvalue weighted by Crippen LogP contribution is 2.57. The van der Waals surface area contributed by atoms with E-state index in [0.29, 0.717) is 0 Å². The molecule has 0 spiro atoms. The first-order valence-corrected chi connectivity index (χ1v) is 13.1. The normalized spacial score (nSPS) is 26.4. The summed E-state index contributed by atoms with van der Waals surface area (Å²) >= 11 is 0. The third-order valence-electron chi connectivity index (χ3n) is 6.17. The van der Waals surface area contributed by atoms with Gasteiger partial charge in [0.2, 0.25) is 0 Å². The monoisotopic (exact) mass is 642 g/mol. The van der Waals surface area contributed by atoms with Gasteiger partial charge in [0.25, 0.3) is 23.6 Å². The van der Waals surface area contributed by atoms with Crippen LogP contribution in [-0.4, -0.2) is 96.4 Å². The second kappa shape index (κ2) is 9.50. The number of fused-ring (bicyclic) bond motifs is 4. The second-order valence-electron chi connectivity index (χ2n) is 8.49. The Morgan fingerprint density at radius 1 is 0.575 bits per heavy atom. The lowest BCUT2D eigenvalue weighted by Crippen LogP contribution is -2.51. The van der Waals surface area contributed by atoms with E-state index < -0.39 is 126 Å². The summed E-state index contributed by atoms with van der Waals surface area (Å²) in [6, 6.07) is 0. The largest absolute Gasteiger partial charge is 0.433 e. The highest BCUT2D eigenvalue weighted by molar-refractivity contribution is 7.88. The van der Waals surface area contributed by atoms with E-state index in [1.54, 1.807) is 0 Å². The van der Waals surface area contributed by atoms with E-state index in [1.165, 1.54) is 0 Å². The number of imide groups is 2. The van der Waals surface area contributed by atoms with Gasteiger partial charge in [0.1, 0.15) is 0 Å². The van der Waals surface area contributed by atoms with Crippen LogP contribution in [0.1, 0.15) is 12.8 Å². The highest BCUT2D eigenvalue weighted by Gasteiger charge is 2.77. The summed E-state index contributed by atoms with van der Waals surface area (Å²) in [5.74, 6) is -27.8. The van der Waals surface area contributed by atoms with Gasteiger partial charge in [-0.2, -0.15) is 52.0 Å². The Morgan fingerprint density at radius 2 is 0.800 bits per heavy atom. The second-order valence-corrected chi connectivity index (χ2v) is 11.6. The van der Waals surface area contributed by atoms with Gasteiger partial charge < -0.3 is 10.2 Å². The van der Waals surface area contributed by atoms with E-state index >= 15 is 0 Å². The number of halogens is 8. The van der Waals surface area contributed by atoms with E-state index in [9.17, 15) is 71.1 Å². The molecule has 0 atom stereocenters. The third kappa shape index (κ3) is 4.26. The number of rotatable bonds is 12. The zero-order chi connectivity index (χ0) is 31.0. The zero-order valence-electron chi connectivity index (χ0n) is 18.8. The lowest BCUT2D eigenvalue weighted by Gasteiger charge is -2.35. The number of hydrogen-bond acceptors (Lipinski definition) is 12. The van der Waals surface area contributed by atoms with Crippen LogP contribution in [0.15, 0.2) is 0 Å². The van der Waals surface area contributed by atoms with Crippen LogP contribution >= 0.6 is 0 Å². The van der Waals surface area contributed by atoms with Crippen LogP contribution in [0.5, 0.6) is 0 Å². The fraction of sp³-hybridized carbons (Fsp3) is 0.750. The van der Waals surface area contributed by atoms with Gasteiger partial charge in [0.05, 0.1) is 23.7 Å². The number of hydrogen-bond donors (Lipinski definition) is 2. The fourth-order valence-electron chi connectivity index (χ4n) is 4.11. The summed E-state index contributed by atoms with van der Waals surface area (Å²) in [6.45, 7) is -3.28. The van der Waals surface area contributed by atoms with Gasteiger partial charge in [0.15, 0.2) is 0 Å². The molecule has 4 amide bonds.